The van der Waals surface area contributed by atoms with Gasteiger partial charge in [-0.2, -0.15) is 0 Å². The number of hydrogen-bond acceptors (Lipinski definition) is 3. The molecular formula is C21H22ClNO3. The highest BCUT2D eigenvalue weighted by molar-refractivity contribution is 6.30. The number of rotatable bonds is 6. The van der Waals surface area contributed by atoms with Gasteiger partial charge < -0.3 is 14.0 Å². The van der Waals surface area contributed by atoms with Gasteiger partial charge in [0.25, 0.3) is 0 Å². The van der Waals surface area contributed by atoms with Crippen LogP contribution in [0.3, 0.4) is 0 Å². The summed E-state index contributed by atoms with van der Waals surface area (Å²) in [6.07, 6.45) is 0.242. The third-order valence-corrected chi connectivity index (χ3v) is 4.75. The van der Waals surface area contributed by atoms with Crippen LogP contribution in [0.2, 0.25) is 5.02 Å². The summed E-state index contributed by atoms with van der Waals surface area (Å²) in [7, 11) is 1.64. The molecule has 0 saturated heterocycles. The molecule has 0 bridgehead atoms. The number of carbonyl (C=O) groups is 1. The van der Waals surface area contributed by atoms with Gasteiger partial charge in [-0.3, -0.25) is 4.79 Å². The number of methoxy groups -OCH3 is 1. The smallest absolute Gasteiger partial charge is 0.310 e. The van der Waals surface area contributed by atoms with Gasteiger partial charge >= 0.3 is 5.97 Å². The molecule has 136 valence electrons. The van der Waals surface area contributed by atoms with Gasteiger partial charge in [0.2, 0.25) is 0 Å². The Labute approximate surface area is 158 Å². The number of hydrogen-bond donors (Lipinski definition) is 0. The van der Waals surface area contributed by atoms with E-state index in [9.17, 15) is 4.79 Å². The number of fused-ring (bicyclic) bond motifs is 1. The highest BCUT2D eigenvalue weighted by atomic mass is 35.5. The third kappa shape index (κ3) is 3.70. The van der Waals surface area contributed by atoms with Crippen molar-refractivity contribution in [1.29, 1.82) is 0 Å². The first-order chi connectivity index (χ1) is 12.5. The number of benzene rings is 2. The summed E-state index contributed by atoms with van der Waals surface area (Å²) in [5.41, 5.74) is 4.18. The normalized spacial score (nSPS) is 10.9. The minimum absolute atomic E-state index is 0.222. The molecule has 3 rings (SSSR count). The number of nitrogens with zero attached hydrogens (tertiary/aromatic N) is 1. The Morgan fingerprint density at radius 1 is 1.19 bits per heavy atom. The fraction of sp³-hybridized carbons (Fsp3) is 0.286. The van der Waals surface area contributed by atoms with E-state index < -0.39 is 0 Å². The maximum absolute atomic E-state index is 12.1. The molecule has 3 aromatic rings. The lowest BCUT2D eigenvalue weighted by atomic mass is 10.1. The maximum atomic E-state index is 12.1. The second kappa shape index (κ2) is 7.83. The molecule has 0 saturated carbocycles. The van der Waals surface area contributed by atoms with Crippen LogP contribution in [0.25, 0.3) is 10.9 Å². The maximum Gasteiger partial charge on any atom is 0.310 e. The predicted octanol–water partition coefficient (Wildman–Crippen LogP) is 4.77. The van der Waals surface area contributed by atoms with Gasteiger partial charge in [0.05, 0.1) is 20.1 Å². The molecule has 0 aliphatic rings. The van der Waals surface area contributed by atoms with E-state index >= 15 is 0 Å². The van der Waals surface area contributed by atoms with Crippen molar-refractivity contribution in [2.24, 2.45) is 0 Å². The third-order valence-electron chi connectivity index (χ3n) is 4.52. The first kappa shape index (κ1) is 18.3. The molecule has 1 aromatic heterocycles. The summed E-state index contributed by atoms with van der Waals surface area (Å²) in [6.45, 7) is 4.90. The molecule has 0 aliphatic heterocycles. The van der Waals surface area contributed by atoms with Gasteiger partial charge in [0.15, 0.2) is 0 Å². The molecule has 4 nitrogen and oxygen atoms in total. The van der Waals surface area contributed by atoms with E-state index in [1.807, 2.05) is 56.3 Å². The fourth-order valence-electron chi connectivity index (χ4n) is 3.26. The molecule has 0 fully saturated rings. The van der Waals surface area contributed by atoms with Gasteiger partial charge in [0, 0.05) is 28.2 Å². The van der Waals surface area contributed by atoms with Crippen LogP contribution in [0.5, 0.6) is 5.75 Å². The van der Waals surface area contributed by atoms with Crippen LogP contribution in [0.1, 0.15) is 23.7 Å². The Morgan fingerprint density at radius 2 is 2.00 bits per heavy atom. The van der Waals surface area contributed by atoms with Gasteiger partial charge in [0.1, 0.15) is 5.75 Å². The quantitative estimate of drug-likeness (QED) is 0.586. The highest BCUT2D eigenvalue weighted by Gasteiger charge is 2.18. The van der Waals surface area contributed by atoms with Crippen LogP contribution in [0.4, 0.5) is 0 Å². The molecule has 0 spiro atoms. The summed E-state index contributed by atoms with van der Waals surface area (Å²) in [5.74, 6) is 0.544. The minimum atomic E-state index is -0.222. The molecule has 0 N–H and O–H groups in total. The molecule has 0 atom stereocenters. The van der Waals surface area contributed by atoms with Gasteiger partial charge in [-0.05, 0) is 55.3 Å². The summed E-state index contributed by atoms with van der Waals surface area (Å²) >= 11 is 6.13. The zero-order valence-corrected chi connectivity index (χ0v) is 16.0. The van der Waals surface area contributed by atoms with E-state index in [4.69, 9.17) is 21.1 Å². The largest absolute Gasteiger partial charge is 0.497 e. The Balaban J connectivity index is 2.10. The molecule has 0 radical (unpaired) electrons. The number of halogens is 1. The molecule has 0 amide bonds. The number of ether oxygens (including phenoxy) is 2. The lowest BCUT2D eigenvalue weighted by Crippen LogP contribution is -2.09. The van der Waals surface area contributed by atoms with Crippen molar-refractivity contribution in [2.75, 3.05) is 13.7 Å². The topological polar surface area (TPSA) is 40.5 Å². The van der Waals surface area contributed by atoms with Crippen molar-refractivity contribution in [3.8, 4) is 5.75 Å². The monoisotopic (exact) mass is 371 g/mol. The Morgan fingerprint density at radius 3 is 2.69 bits per heavy atom. The molecule has 1 heterocycles. The Kier molecular flexibility index (Phi) is 5.52. The summed E-state index contributed by atoms with van der Waals surface area (Å²) in [4.78, 5) is 12.1. The van der Waals surface area contributed by atoms with Crippen LogP contribution in [0.15, 0.2) is 42.5 Å². The van der Waals surface area contributed by atoms with Crippen molar-refractivity contribution < 1.29 is 14.3 Å². The summed E-state index contributed by atoms with van der Waals surface area (Å²) in [6, 6.07) is 13.8. The van der Waals surface area contributed by atoms with Crippen LogP contribution < -0.4 is 4.74 Å². The zero-order valence-electron chi connectivity index (χ0n) is 15.2. The fourth-order valence-corrected chi connectivity index (χ4v) is 3.47. The van der Waals surface area contributed by atoms with Crippen molar-refractivity contribution in [1.82, 2.24) is 4.57 Å². The van der Waals surface area contributed by atoms with Crippen LogP contribution in [-0.2, 0) is 22.5 Å². The minimum Gasteiger partial charge on any atom is -0.497 e. The number of aromatic nitrogens is 1. The SMILES string of the molecule is CCOC(=O)Cc1c(C)n(Cc2cccc(Cl)c2)c2ccc(OC)cc12. The molecule has 2 aromatic carbocycles. The molecule has 5 heteroatoms. The van der Waals surface area contributed by atoms with E-state index in [-0.39, 0.29) is 12.4 Å². The Bertz CT molecular complexity index is 946. The van der Waals surface area contributed by atoms with E-state index in [0.717, 1.165) is 33.5 Å². The highest BCUT2D eigenvalue weighted by Crippen LogP contribution is 2.31. The Hall–Kier alpha value is -2.46. The lowest BCUT2D eigenvalue weighted by Gasteiger charge is -2.10. The average molecular weight is 372 g/mol. The average Bonchev–Trinajstić information content (AvgIpc) is 2.87. The standard InChI is InChI=1S/C21H22ClNO3/c1-4-26-21(24)12-18-14(2)23(13-15-6-5-7-16(22)10-15)20-9-8-17(25-3)11-19(18)20/h5-11H,4,12-13H2,1-3H3. The molecular weight excluding hydrogens is 350 g/mol. The van der Waals surface area contributed by atoms with E-state index in [2.05, 4.69) is 4.57 Å². The molecule has 0 aliphatic carbocycles. The zero-order chi connectivity index (χ0) is 18.7. The molecule has 0 unspecified atom stereocenters. The van der Waals surface area contributed by atoms with Crippen LogP contribution in [-0.4, -0.2) is 24.3 Å². The second-order valence-electron chi connectivity index (χ2n) is 6.14. The van der Waals surface area contributed by atoms with E-state index in [1.165, 1.54) is 0 Å². The van der Waals surface area contributed by atoms with Crippen molar-refractivity contribution >= 4 is 28.5 Å². The lowest BCUT2D eigenvalue weighted by molar-refractivity contribution is -0.142. The van der Waals surface area contributed by atoms with Crippen molar-refractivity contribution in [2.45, 2.75) is 26.8 Å². The number of carbonyl (C=O) groups excluding carboxylic acids is 1. The first-order valence-electron chi connectivity index (χ1n) is 8.59. The van der Waals surface area contributed by atoms with Gasteiger partial charge in [-0.15, -0.1) is 0 Å². The first-order valence-corrected chi connectivity index (χ1v) is 8.97. The number of esters is 1. The van der Waals surface area contributed by atoms with E-state index in [1.54, 1.807) is 7.11 Å². The van der Waals surface area contributed by atoms with Gasteiger partial charge in [-0.1, -0.05) is 23.7 Å². The van der Waals surface area contributed by atoms with Gasteiger partial charge in [-0.25, -0.2) is 0 Å². The van der Waals surface area contributed by atoms with Crippen molar-refractivity contribution in [3.63, 3.8) is 0 Å². The summed E-state index contributed by atoms with van der Waals surface area (Å²) in [5, 5.41) is 1.72. The van der Waals surface area contributed by atoms with E-state index in [0.29, 0.717) is 18.2 Å². The van der Waals surface area contributed by atoms with Crippen LogP contribution >= 0.6 is 11.6 Å². The predicted molar refractivity (Wildman–Crippen MR) is 104 cm³/mol. The summed E-state index contributed by atoms with van der Waals surface area (Å²) < 4.78 is 12.7. The second-order valence-corrected chi connectivity index (χ2v) is 6.58. The molecule has 26 heavy (non-hydrogen) atoms. The van der Waals surface area contributed by atoms with Crippen LogP contribution in [0, 0.1) is 6.92 Å². The van der Waals surface area contributed by atoms with Crippen molar-refractivity contribution in [3.05, 3.63) is 64.3 Å².